The van der Waals surface area contributed by atoms with E-state index in [2.05, 4.69) is 15.5 Å². The maximum Gasteiger partial charge on any atom is 0.322 e. The Balaban J connectivity index is 1.80. The number of urea groups is 1. The molecule has 0 aliphatic carbocycles. The molecule has 148 valence electrons. The van der Waals surface area contributed by atoms with Gasteiger partial charge in [-0.25, -0.2) is 4.79 Å². The lowest BCUT2D eigenvalue weighted by Crippen LogP contribution is -2.45. The summed E-state index contributed by atoms with van der Waals surface area (Å²) in [6.07, 6.45) is 0. The van der Waals surface area contributed by atoms with Crippen LogP contribution in [0.2, 0.25) is 0 Å². The summed E-state index contributed by atoms with van der Waals surface area (Å²) < 4.78 is 5.67. The number of hydrogen-bond donors (Lipinski definition) is 1. The van der Waals surface area contributed by atoms with Gasteiger partial charge in [0.25, 0.3) is 5.89 Å². The molecule has 0 saturated heterocycles. The number of carbonyl (C=O) groups excluding carboxylic acids is 1. The lowest BCUT2D eigenvalue weighted by Gasteiger charge is -2.34. The summed E-state index contributed by atoms with van der Waals surface area (Å²) in [5, 5.41) is 7.28. The van der Waals surface area contributed by atoms with Gasteiger partial charge in [0.15, 0.2) is 0 Å². The second-order valence-corrected chi connectivity index (χ2v) is 7.33. The van der Waals surface area contributed by atoms with Crippen molar-refractivity contribution in [1.82, 2.24) is 20.4 Å². The van der Waals surface area contributed by atoms with Gasteiger partial charge in [-0.2, -0.15) is 4.98 Å². The van der Waals surface area contributed by atoms with E-state index < -0.39 is 0 Å². The number of rotatable bonds is 4. The van der Waals surface area contributed by atoms with Crippen LogP contribution in [-0.2, 0) is 0 Å². The van der Waals surface area contributed by atoms with E-state index in [1.165, 1.54) is 5.56 Å². The lowest BCUT2D eigenvalue weighted by molar-refractivity contribution is 0.207. The molecule has 2 aromatic carbocycles. The first-order valence-electron chi connectivity index (χ1n) is 9.74. The molecule has 0 fully saturated rings. The normalized spacial score (nSPS) is 16.9. The first-order chi connectivity index (χ1) is 14.0. The van der Waals surface area contributed by atoms with Gasteiger partial charge in [0, 0.05) is 17.8 Å². The highest BCUT2D eigenvalue weighted by atomic mass is 16.5. The Morgan fingerprint density at radius 1 is 1.00 bits per heavy atom. The molecule has 1 unspecified atom stereocenters. The van der Waals surface area contributed by atoms with Crippen molar-refractivity contribution in [1.29, 1.82) is 0 Å². The molecule has 0 radical (unpaired) electrons. The number of hydrogen-bond acceptors (Lipinski definition) is 4. The van der Waals surface area contributed by atoms with Gasteiger partial charge in [0.1, 0.15) is 0 Å². The molecule has 1 aliphatic heterocycles. The zero-order chi connectivity index (χ0) is 20.5. The Bertz CT molecular complexity index is 1070. The maximum absolute atomic E-state index is 12.6. The van der Waals surface area contributed by atoms with Crippen LogP contribution in [0.5, 0.6) is 0 Å². The van der Waals surface area contributed by atoms with Crippen LogP contribution in [-0.4, -0.2) is 27.6 Å². The van der Waals surface area contributed by atoms with Crippen LogP contribution in [0.4, 0.5) is 4.79 Å². The summed E-state index contributed by atoms with van der Waals surface area (Å²) >= 11 is 0. The summed E-state index contributed by atoms with van der Waals surface area (Å²) in [6, 6.07) is 15.6. The molecule has 1 aliphatic rings. The molecule has 6 heteroatoms. The zero-order valence-electron chi connectivity index (χ0n) is 17.1. The van der Waals surface area contributed by atoms with Gasteiger partial charge >= 0.3 is 6.03 Å². The van der Waals surface area contributed by atoms with Crippen molar-refractivity contribution in [3.05, 3.63) is 76.8 Å². The molecule has 0 bridgehead atoms. The average Bonchev–Trinajstić information content (AvgIpc) is 3.18. The first-order valence-corrected chi connectivity index (χ1v) is 9.74. The third-order valence-electron chi connectivity index (χ3n) is 5.29. The highest BCUT2D eigenvalue weighted by molar-refractivity contribution is 5.86. The van der Waals surface area contributed by atoms with Gasteiger partial charge < -0.3 is 9.84 Å². The molecule has 0 saturated carbocycles. The number of aromatic nitrogens is 2. The van der Waals surface area contributed by atoms with Crippen LogP contribution in [0, 0.1) is 13.8 Å². The van der Waals surface area contributed by atoms with Crippen molar-refractivity contribution < 1.29 is 9.32 Å². The van der Waals surface area contributed by atoms with Crippen molar-refractivity contribution in [2.45, 2.75) is 33.7 Å². The van der Waals surface area contributed by atoms with Gasteiger partial charge in [-0.3, -0.25) is 4.90 Å². The van der Waals surface area contributed by atoms with Gasteiger partial charge in [-0.15, -0.1) is 0 Å². The Hall–Kier alpha value is -3.41. The van der Waals surface area contributed by atoms with Crippen molar-refractivity contribution in [3.8, 4) is 11.4 Å². The summed E-state index contributed by atoms with van der Waals surface area (Å²) in [6.45, 7) is 8.50. The lowest BCUT2D eigenvalue weighted by atomic mass is 9.94. The van der Waals surface area contributed by atoms with Crippen LogP contribution in [0.3, 0.4) is 0 Å². The minimum absolute atomic E-state index is 0.127. The zero-order valence-corrected chi connectivity index (χ0v) is 17.1. The molecule has 4 rings (SSSR count). The highest BCUT2D eigenvalue weighted by Crippen LogP contribution is 2.37. The van der Waals surface area contributed by atoms with Crippen LogP contribution >= 0.6 is 0 Å². The Morgan fingerprint density at radius 3 is 2.24 bits per heavy atom. The van der Waals surface area contributed by atoms with Gasteiger partial charge in [0.05, 0.1) is 11.6 Å². The third-order valence-corrected chi connectivity index (χ3v) is 5.29. The van der Waals surface area contributed by atoms with Crippen LogP contribution < -0.4 is 5.32 Å². The number of amides is 2. The average molecular weight is 388 g/mol. The first kappa shape index (κ1) is 18.9. The molecule has 2 amide bonds. The molecule has 1 aromatic heterocycles. The molecule has 0 spiro atoms. The van der Waals surface area contributed by atoms with Crippen molar-refractivity contribution in [2.24, 2.45) is 0 Å². The molecule has 1 atom stereocenters. The minimum atomic E-state index is -0.350. The molecule has 1 N–H and O–H groups in total. The second kappa shape index (κ2) is 7.54. The molecular formula is C23H24N4O2. The number of benzene rings is 2. The Morgan fingerprint density at radius 2 is 1.62 bits per heavy atom. The predicted octanol–water partition coefficient (Wildman–Crippen LogP) is 4.87. The van der Waals surface area contributed by atoms with Crippen LogP contribution in [0.1, 0.15) is 42.5 Å². The van der Waals surface area contributed by atoms with Gasteiger partial charge in [0.2, 0.25) is 5.82 Å². The summed E-state index contributed by atoms with van der Waals surface area (Å²) in [5.74, 6) is 0.949. The summed E-state index contributed by atoms with van der Waals surface area (Å²) in [4.78, 5) is 19.0. The smallest absolute Gasteiger partial charge is 0.322 e. The van der Waals surface area contributed by atoms with E-state index in [1.54, 1.807) is 4.90 Å². The summed E-state index contributed by atoms with van der Waals surface area (Å²) in [5.41, 5.74) is 5.84. The fraction of sp³-hybridized carbons (Fsp3) is 0.261. The van der Waals surface area contributed by atoms with E-state index in [9.17, 15) is 4.79 Å². The van der Waals surface area contributed by atoms with Crippen molar-refractivity contribution in [2.75, 3.05) is 6.54 Å². The molecular weight excluding hydrogens is 364 g/mol. The van der Waals surface area contributed by atoms with E-state index >= 15 is 0 Å². The standard InChI is InChI=1S/C23H24N4O2/c1-5-27-16(4)19(20(24-23(27)28)17-10-6-14(2)7-11-17)22-25-21(26-29-22)18-12-8-15(3)9-13-18/h6-13,20H,5H2,1-4H3,(H,24,28). The Labute approximate surface area is 170 Å². The van der Waals surface area contributed by atoms with Gasteiger partial charge in [-0.1, -0.05) is 64.8 Å². The third kappa shape index (κ3) is 3.53. The SMILES string of the molecule is CCN1C(=O)NC(c2ccc(C)cc2)C(c2nc(-c3ccc(C)cc3)no2)=C1C. The fourth-order valence-corrected chi connectivity index (χ4v) is 3.60. The van der Waals surface area contributed by atoms with Crippen LogP contribution in [0.25, 0.3) is 17.0 Å². The van der Waals surface area contributed by atoms with Crippen LogP contribution in [0.15, 0.2) is 58.8 Å². The number of carbonyl (C=O) groups is 1. The highest BCUT2D eigenvalue weighted by Gasteiger charge is 2.35. The van der Waals surface area contributed by atoms with E-state index in [1.807, 2.05) is 76.2 Å². The number of nitrogens with zero attached hydrogens (tertiary/aromatic N) is 3. The molecule has 29 heavy (non-hydrogen) atoms. The maximum atomic E-state index is 12.6. The Kier molecular flexibility index (Phi) is 4.92. The van der Waals surface area contributed by atoms with Crippen molar-refractivity contribution >= 4 is 11.6 Å². The fourth-order valence-electron chi connectivity index (χ4n) is 3.60. The monoisotopic (exact) mass is 388 g/mol. The van der Waals surface area contributed by atoms with E-state index in [-0.39, 0.29) is 12.1 Å². The van der Waals surface area contributed by atoms with Gasteiger partial charge in [-0.05, 0) is 33.3 Å². The largest absolute Gasteiger partial charge is 0.334 e. The van der Waals surface area contributed by atoms with E-state index in [0.717, 1.165) is 28.0 Å². The van der Waals surface area contributed by atoms with E-state index in [4.69, 9.17) is 4.52 Å². The summed E-state index contributed by atoms with van der Waals surface area (Å²) in [7, 11) is 0. The predicted molar refractivity (Wildman–Crippen MR) is 112 cm³/mol. The molecule has 3 aromatic rings. The number of aryl methyl sites for hydroxylation is 2. The topological polar surface area (TPSA) is 71.3 Å². The number of nitrogens with one attached hydrogen (secondary N) is 1. The van der Waals surface area contributed by atoms with E-state index in [0.29, 0.717) is 18.3 Å². The molecule has 2 heterocycles. The quantitative estimate of drug-likeness (QED) is 0.692. The minimum Gasteiger partial charge on any atom is -0.334 e. The van der Waals surface area contributed by atoms with Crippen molar-refractivity contribution in [3.63, 3.8) is 0 Å². The second-order valence-electron chi connectivity index (χ2n) is 7.33. The number of allylic oxidation sites excluding steroid dienone is 1. The molecule has 6 nitrogen and oxygen atoms in total.